The summed E-state index contributed by atoms with van der Waals surface area (Å²) in [6.07, 6.45) is 2.15. The van der Waals surface area contributed by atoms with Crippen molar-refractivity contribution in [1.29, 1.82) is 0 Å². The number of Topliss-reactive ketones (excluding diaryl/α,β-unsaturated/α-hetero) is 1. The van der Waals surface area contributed by atoms with E-state index in [1.54, 1.807) is 31.2 Å². The van der Waals surface area contributed by atoms with E-state index in [1.165, 1.54) is 28.6 Å². The smallest absolute Gasteiger partial charge is 0.270 e. The van der Waals surface area contributed by atoms with Crippen molar-refractivity contribution < 1.29 is 27.5 Å². The molecule has 0 N–H and O–H groups in total. The van der Waals surface area contributed by atoms with Crippen LogP contribution in [0.15, 0.2) is 53.4 Å². The highest BCUT2D eigenvalue weighted by molar-refractivity contribution is 7.89. The Morgan fingerprint density at radius 2 is 1.67 bits per heavy atom. The Morgan fingerprint density at radius 3 is 2.33 bits per heavy atom. The lowest BCUT2D eigenvalue weighted by atomic mass is 10.1. The Hall–Kier alpha value is -3.04. The predicted octanol–water partition coefficient (Wildman–Crippen LogP) is 2.88. The molecule has 0 saturated carbocycles. The fourth-order valence-electron chi connectivity index (χ4n) is 4.08. The molecule has 1 atom stereocenters. The average molecular weight is 471 g/mol. The number of carbonyl (C=O) groups is 3. The van der Waals surface area contributed by atoms with Gasteiger partial charge in [0, 0.05) is 18.7 Å². The highest BCUT2D eigenvalue weighted by Gasteiger charge is 2.36. The lowest BCUT2D eigenvalue weighted by Crippen LogP contribution is -2.45. The highest BCUT2D eigenvalue weighted by atomic mass is 32.2. The van der Waals surface area contributed by atoms with E-state index < -0.39 is 40.3 Å². The number of carbonyl (C=O) groups excluding carboxylic acids is 3. The molecule has 0 radical (unpaired) electrons. The van der Waals surface area contributed by atoms with E-state index in [-0.39, 0.29) is 16.0 Å². The standard InChI is InChI=1S/C24H26N2O6S/c1-2-21-24(29)26(23(28)19-8-4-5-9-22(19)32-21)16-20(27)17-10-12-18(13-11-17)33(30,31)25-14-6-3-7-15-25/h4-5,8-13,21H,2-3,6-7,14-16H2,1H3. The number of rotatable bonds is 6. The fraction of sp³-hybridized carbons (Fsp3) is 0.375. The Labute approximate surface area is 193 Å². The Bertz CT molecular complexity index is 1170. The molecule has 0 aliphatic carbocycles. The zero-order valence-electron chi connectivity index (χ0n) is 18.4. The van der Waals surface area contributed by atoms with Crippen molar-refractivity contribution >= 4 is 27.6 Å². The molecule has 8 nitrogen and oxygen atoms in total. The van der Waals surface area contributed by atoms with Crippen molar-refractivity contribution in [2.45, 2.75) is 43.6 Å². The summed E-state index contributed by atoms with van der Waals surface area (Å²) >= 11 is 0. The van der Waals surface area contributed by atoms with Crippen molar-refractivity contribution in [3.63, 3.8) is 0 Å². The minimum absolute atomic E-state index is 0.122. The summed E-state index contributed by atoms with van der Waals surface area (Å²) < 4.78 is 32.8. The van der Waals surface area contributed by atoms with Gasteiger partial charge in [-0.05, 0) is 55.7 Å². The summed E-state index contributed by atoms with van der Waals surface area (Å²) in [5.74, 6) is -1.32. The molecule has 1 fully saturated rings. The number of hydrogen-bond donors (Lipinski definition) is 0. The van der Waals surface area contributed by atoms with Crippen LogP contribution in [0.3, 0.4) is 0 Å². The highest BCUT2D eigenvalue weighted by Crippen LogP contribution is 2.27. The van der Waals surface area contributed by atoms with Crippen molar-refractivity contribution in [2.75, 3.05) is 19.6 Å². The van der Waals surface area contributed by atoms with Gasteiger partial charge >= 0.3 is 0 Å². The number of nitrogens with zero attached hydrogens (tertiary/aromatic N) is 2. The van der Waals surface area contributed by atoms with Gasteiger partial charge in [-0.1, -0.05) is 25.5 Å². The summed E-state index contributed by atoms with van der Waals surface area (Å²) in [6.45, 7) is 2.29. The number of amides is 2. The third-order valence-corrected chi connectivity index (χ3v) is 7.89. The Morgan fingerprint density at radius 1 is 1.00 bits per heavy atom. The van der Waals surface area contributed by atoms with Crippen LogP contribution in [0, 0.1) is 0 Å². The van der Waals surface area contributed by atoms with E-state index in [0.717, 1.165) is 24.2 Å². The van der Waals surface area contributed by atoms with Crippen LogP contribution >= 0.6 is 0 Å². The van der Waals surface area contributed by atoms with Gasteiger partial charge in [0.15, 0.2) is 11.9 Å². The molecule has 2 heterocycles. The number of piperidine rings is 1. The summed E-state index contributed by atoms with van der Waals surface area (Å²) in [7, 11) is -3.61. The van der Waals surface area contributed by atoms with Gasteiger partial charge in [0.1, 0.15) is 5.75 Å². The van der Waals surface area contributed by atoms with Crippen molar-refractivity contribution in [1.82, 2.24) is 9.21 Å². The molecule has 0 bridgehead atoms. The minimum atomic E-state index is -3.61. The van der Waals surface area contributed by atoms with E-state index >= 15 is 0 Å². The van der Waals surface area contributed by atoms with Gasteiger partial charge in [0.2, 0.25) is 10.0 Å². The molecule has 1 saturated heterocycles. The van der Waals surface area contributed by atoms with Crippen molar-refractivity contribution in [3.8, 4) is 5.75 Å². The average Bonchev–Trinajstić information content (AvgIpc) is 2.94. The molecule has 1 unspecified atom stereocenters. The summed E-state index contributed by atoms with van der Waals surface area (Å²) in [6, 6.07) is 12.2. The van der Waals surface area contributed by atoms with E-state index in [2.05, 4.69) is 0 Å². The van der Waals surface area contributed by atoms with Gasteiger partial charge in [0.25, 0.3) is 11.8 Å². The fourth-order valence-corrected chi connectivity index (χ4v) is 5.60. The molecule has 4 rings (SSSR count). The van der Waals surface area contributed by atoms with Gasteiger partial charge < -0.3 is 4.74 Å². The second kappa shape index (κ2) is 9.44. The molecule has 0 aromatic heterocycles. The molecule has 2 aliphatic heterocycles. The van der Waals surface area contributed by atoms with E-state index in [1.807, 2.05) is 0 Å². The maximum absolute atomic E-state index is 13.0. The maximum atomic E-state index is 13.0. The van der Waals surface area contributed by atoms with E-state index in [9.17, 15) is 22.8 Å². The van der Waals surface area contributed by atoms with Crippen molar-refractivity contribution in [3.05, 3.63) is 59.7 Å². The second-order valence-electron chi connectivity index (χ2n) is 8.15. The Kier molecular flexibility index (Phi) is 6.62. The molecule has 33 heavy (non-hydrogen) atoms. The number of ether oxygens (including phenoxy) is 1. The predicted molar refractivity (Wildman–Crippen MR) is 121 cm³/mol. The second-order valence-corrected chi connectivity index (χ2v) is 10.1. The van der Waals surface area contributed by atoms with Gasteiger partial charge in [0.05, 0.1) is 17.0 Å². The van der Waals surface area contributed by atoms with Crippen LogP contribution in [0.25, 0.3) is 0 Å². The Balaban J connectivity index is 1.55. The first kappa shape index (κ1) is 23.1. The number of para-hydroxylation sites is 1. The SMILES string of the molecule is CCC1Oc2ccccc2C(=O)N(CC(=O)c2ccc(S(=O)(=O)N3CCCCC3)cc2)C1=O. The van der Waals surface area contributed by atoms with Gasteiger partial charge in [-0.25, -0.2) is 8.42 Å². The van der Waals surface area contributed by atoms with Crippen LogP contribution < -0.4 is 4.74 Å². The summed E-state index contributed by atoms with van der Waals surface area (Å²) in [4.78, 5) is 39.9. The monoisotopic (exact) mass is 470 g/mol. The molecule has 2 aromatic rings. The topological polar surface area (TPSA) is 101 Å². The quantitative estimate of drug-likeness (QED) is 0.475. The first-order valence-corrected chi connectivity index (χ1v) is 12.5. The van der Waals surface area contributed by atoms with Gasteiger partial charge in [-0.15, -0.1) is 0 Å². The molecular weight excluding hydrogens is 444 g/mol. The number of sulfonamides is 1. The number of hydrogen-bond acceptors (Lipinski definition) is 6. The lowest BCUT2D eigenvalue weighted by Gasteiger charge is -2.26. The number of imide groups is 1. The molecule has 2 aliphatic rings. The largest absolute Gasteiger partial charge is 0.480 e. The van der Waals surface area contributed by atoms with Crippen LogP contribution in [-0.4, -0.2) is 61.0 Å². The third-order valence-electron chi connectivity index (χ3n) is 5.97. The summed E-state index contributed by atoms with van der Waals surface area (Å²) in [5, 5.41) is 0. The molecule has 0 spiro atoms. The zero-order chi connectivity index (χ0) is 23.6. The summed E-state index contributed by atoms with van der Waals surface area (Å²) in [5.41, 5.74) is 0.442. The zero-order valence-corrected chi connectivity index (χ0v) is 19.2. The number of fused-ring (bicyclic) bond motifs is 1. The molecule has 9 heteroatoms. The van der Waals surface area contributed by atoms with Crippen LogP contribution in [-0.2, 0) is 14.8 Å². The third kappa shape index (κ3) is 4.56. The normalized spacial score (nSPS) is 19.5. The maximum Gasteiger partial charge on any atom is 0.270 e. The van der Waals surface area contributed by atoms with E-state index in [0.29, 0.717) is 25.3 Å². The molecular formula is C24H26N2O6S. The van der Waals surface area contributed by atoms with Crippen LogP contribution in [0.1, 0.15) is 53.3 Å². The van der Waals surface area contributed by atoms with Gasteiger partial charge in [-0.2, -0.15) is 4.31 Å². The minimum Gasteiger partial charge on any atom is -0.480 e. The molecule has 2 amide bonds. The van der Waals surface area contributed by atoms with Gasteiger partial charge in [-0.3, -0.25) is 19.3 Å². The van der Waals surface area contributed by atoms with Crippen LogP contribution in [0.5, 0.6) is 5.75 Å². The van der Waals surface area contributed by atoms with Crippen molar-refractivity contribution in [2.24, 2.45) is 0 Å². The lowest BCUT2D eigenvalue weighted by molar-refractivity contribution is -0.135. The first-order chi connectivity index (χ1) is 15.8. The first-order valence-electron chi connectivity index (χ1n) is 11.1. The molecule has 174 valence electrons. The van der Waals surface area contributed by atoms with Crippen LogP contribution in [0.4, 0.5) is 0 Å². The number of ketones is 1. The van der Waals surface area contributed by atoms with E-state index in [4.69, 9.17) is 4.74 Å². The van der Waals surface area contributed by atoms with Crippen LogP contribution in [0.2, 0.25) is 0 Å². The number of benzene rings is 2. The molecule has 2 aromatic carbocycles.